The van der Waals surface area contributed by atoms with Crippen LogP contribution >= 0.6 is 0 Å². The Balaban J connectivity index is 2.31. The van der Waals surface area contributed by atoms with Crippen LogP contribution in [-0.4, -0.2) is 22.5 Å². The van der Waals surface area contributed by atoms with E-state index in [2.05, 4.69) is 66.9 Å². The Kier molecular flexibility index (Phi) is 8.66. The third-order valence-corrected chi connectivity index (χ3v) is 4.98. The molecule has 0 bridgehead atoms. The summed E-state index contributed by atoms with van der Waals surface area (Å²) in [6.45, 7) is 12.6. The van der Waals surface area contributed by atoms with Crippen molar-refractivity contribution in [2.24, 2.45) is 0 Å². The lowest BCUT2D eigenvalue weighted by atomic mass is 9.98. The van der Waals surface area contributed by atoms with E-state index >= 15 is 0 Å². The molecule has 0 unspecified atom stereocenters. The number of carbonyl (C=O) groups is 1. The van der Waals surface area contributed by atoms with Crippen molar-refractivity contribution < 1.29 is 9.53 Å². The molecule has 0 saturated carbocycles. The minimum atomic E-state index is -0.477. The van der Waals surface area contributed by atoms with Gasteiger partial charge in [0.15, 0.2) is 0 Å². The van der Waals surface area contributed by atoms with E-state index in [1.807, 2.05) is 39.0 Å². The molecule has 0 aliphatic rings. The number of hydrogen-bond acceptors (Lipinski definition) is 3. The Morgan fingerprint density at radius 2 is 1.66 bits per heavy atom. The van der Waals surface area contributed by atoms with Crippen LogP contribution in [-0.2, 0) is 16.1 Å². The summed E-state index contributed by atoms with van der Waals surface area (Å²) >= 11 is 0. The second-order valence-corrected chi connectivity index (χ2v) is 8.56. The molecule has 0 aromatic heterocycles. The summed E-state index contributed by atoms with van der Waals surface area (Å²) in [5.41, 5.74) is 2.01. The Morgan fingerprint density at radius 3 is 2.21 bits per heavy atom. The Morgan fingerprint density at radius 1 is 1.07 bits per heavy atom. The van der Waals surface area contributed by atoms with E-state index in [1.165, 1.54) is 11.1 Å². The van der Waals surface area contributed by atoms with Gasteiger partial charge in [0.25, 0.3) is 0 Å². The standard InChI is InChI=1S/C26H35NO2/c1-6-7-18-24(19-25(28)29-26(3,4)5)27(20-22-14-10-8-11-15-22)21(2)23-16-12-9-13-17-23/h6,8-17,21,24H,1,7,18-20H2,2-5H3/t21-,24-/m0/s1. The molecule has 2 rings (SSSR count). The summed E-state index contributed by atoms with van der Waals surface area (Å²) in [6.07, 6.45) is 4.03. The molecule has 0 spiro atoms. The van der Waals surface area contributed by atoms with Gasteiger partial charge in [-0.1, -0.05) is 66.7 Å². The number of nitrogens with zero attached hydrogens (tertiary/aromatic N) is 1. The van der Waals surface area contributed by atoms with E-state index in [1.54, 1.807) is 0 Å². The fourth-order valence-corrected chi connectivity index (χ4v) is 3.57. The molecular formula is C26H35NO2. The molecule has 3 nitrogen and oxygen atoms in total. The molecule has 0 aliphatic heterocycles. The first kappa shape index (κ1) is 22.9. The fraction of sp³-hybridized carbons (Fsp3) is 0.423. The number of ether oxygens (including phenoxy) is 1. The molecule has 2 atom stereocenters. The number of carbonyl (C=O) groups excluding carboxylic acids is 1. The van der Waals surface area contributed by atoms with Crippen molar-refractivity contribution in [3.05, 3.63) is 84.4 Å². The minimum Gasteiger partial charge on any atom is -0.460 e. The van der Waals surface area contributed by atoms with Crippen molar-refractivity contribution in [2.45, 2.75) is 71.2 Å². The predicted molar refractivity (Wildman–Crippen MR) is 121 cm³/mol. The highest BCUT2D eigenvalue weighted by atomic mass is 16.6. The minimum absolute atomic E-state index is 0.0678. The summed E-state index contributed by atoms with van der Waals surface area (Å²) in [5, 5.41) is 0. The monoisotopic (exact) mass is 393 g/mol. The van der Waals surface area contributed by atoms with Crippen LogP contribution in [0.2, 0.25) is 0 Å². The van der Waals surface area contributed by atoms with Crippen LogP contribution in [0.5, 0.6) is 0 Å². The van der Waals surface area contributed by atoms with E-state index < -0.39 is 5.60 Å². The predicted octanol–water partition coefficient (Wildman–Crippen LogP) is 6.32. The van der Waals surface area contributed by atoms with E-state index in [9.17, 15) is 4.79 Å². The number of esters is 1. The van der Waals surface area contributed by atoms with Crippen LogP contribution in [0.1, 0.15) is 64.1 Å². The van der Waals surface area contributed by atoms with Gasteiger partial charge in [0.1, 0.15) is 5.60 Å². The molecular weight excluding hydrogens is 358 g/mol. The zero-order valence-corrected chi connectivity index (χ0v) is 18.3. The number of hydrogen-bond donors (Lipinski definition) is 0. The van der Waals surface area contributed by atoms with Crippen LogP contribution in [0.25, 0.3) is 0 Å². The van der Waals surface area contributed by atoms with Crippen LogP contribution in [0, 0.1) is 0 Å². The molecule has 2 aromatic rings. The number of allylic oxidation sites excluding steroid dienone is 1. The lowest BCUT2D eigenvalue weighted by Crippen LogP contribution is -2.39. The molecule has 0 N–H and O–H groups in total. The zero-order chi connectivity index (χ0) is 21.3. The molecule has 0 aliphatic carbocycles. The van der Waals surface area contributed by atoms with Crippen molar-refractivity contribution >= 4 is 5.97 Å². The third kappa shape index (κ3) is 7.86. The third-order valence-electron chi connectivity index (χ3n) is 4.98. The van der Waals surface area contributed by atoms with Crippen LogP contribution in [0.3, 0.4) is 0 Å². The van der Waals surface area contributed by atoms with Crippen molar-refractivity contribution in [3.63, 3.8) is 0 Å². The largest absolute Gasteiger partial charge is 0.460 e. The van der Waals surface area contributed by atoms with Crippen LogP contribution in [0.4, 0.5) is 0 Å². The maximum atomic E-state index is 12.7. The van der Waals surface area contributed by atoms with Gasteiger partial charge in [-0.3, -0.25) is 9.69 Å². The summed E-state index contributed by atoms with van der Waals surface area (Å²) < 4.78 is 5.64. The summed E-state index contributed by atoms with van der Waals surface area (Å²) in [7, 11) is 0. The molecule has 156 valence electrons. The average molecular weight is 394 g/mol. The maximum absolute atomic E-state index is 12.7. The highest BCUT2D eigenvalue weighted by molar-refractivity contribution is 5.70. The highest BCUT2D eigenvalue weighted by Crippen LogP contribution is 2.28. The molecule has 0 heterocycles. The normalized spacial score (nSPS) is 13.7. The van der Waals surface area contributed by atoms with Gasteiger partial charge in [-0.05, 0) is 51.7 Å². The van der Waals surface area contributed by atoms with Gasteiger partial charge >= 0.3 is 5.97 Å². The lowest BCUT2D eigenvalue weighted by molar-refractivity contribution is -0.156. The summed E-state index contributed by atoms with van der Waals surface area (Å²) in [5.74, 6) is -0.148. The van der Waals surface area contributed by atoms with Crippen molar-refractivity contribution in [1.82, 2.24) is 4.90 Å². The first-order chi connectivity index (χ1) is 13.8. The molecule has 0 saturated heterocycles. The van der Waals surface area contributed by atoms with Gasteiger partial charge in [0, 0.05) is 18.6 Å². The quantitative estimate of drug-likeness (QED) is 0.349. The lowest BCUT2D eigenvalue weighted by Gasteiger charge is -2.37. The first-order valence-corrected chi connectivity index (χ1v) is 10.5. The highest BCUT2D eigenvalue weighted by Gasteiger charge is 2.28. The van der Waals surface area contributed by atoms with Gasteiger partial charge in [-0.25, -0.2) is 0 Å². The zero-order valence-electron chi connectivity index (χ0n) is 18.3. The summed E-state index contributed by atoms with van der Waals surface area (Å²) in [4.78, 5) is 15.1. The molecule has 0 amide bonds. The van der Waals surface area contributed by atoms with Gasteiger partial charge in [-0.15, -0.1) is 6.58 Å². The van der Waals surface area contributed by atoms with Gasteiger partial charge in [-0.2, -0.15) is 0 Å². The van der Waals surface area contributed by atoms with Crippen LogP contribution in [0.15, 0.2) is 73.3 Å². The van der Waals surface area contributed by atoms with E-state index in [0.717, 1.165) is 19.4 Å². The number of rotatable bonds is 10. The van der Waals surface area contributed by atoms with Crippen molar-refractivity contribution in [2.75, 3.05) is 0 Å². The van der Waals surface area contributed by atoms with Gasteiger partial charge in [0.05, 0.1) is 6.42 Å². The second kappa shape index (κ2) is 11.0. The van der Waals surface area contributed by atoms with E-state index in [0.29, 0.717) is 6.42 Å². The van der Waals surface area contributed by atoms with E-state index in [-0.39, 0.29) is 18.1 Å². The molecule has 2 aromatic carbocycles. The smallest absolute Gasteiger partial charge is 0.307 e. The fourth-order valence-electron chi connectivity index (χ4n) is 3.57. The molecule has 3 heteroatoms. The van der Waals surface area contributed by atoms with Crippen LogP contribution < -0.4 is 0 Å². The van der Waals surface area contributed by atoms with Gasteiger partial charge in [0.2, 0.25) is 0 Å². The average Bonchev–Trinajstić information content (AvgIpc) is 2.69. The first-order valence-electron chi connectivity index (χ1n) is 10.5. The SMILES string of the molecule is C=CCC[C@@H](CC(=O)OC(C)(C)C)N(Cc1ccccc1)[C@@H](C)c1ccccc1. The Labute approximate surface area is 176 Å². The maximum Gasteiger partial charge on any atom is 0.307 e. The van der Waals surface area contributed by atoms with Gasteiger partial charge < -0.3 is 4.74 Å². The molecule has 0 fully saturated rings. The van der Waals surface area contributed by atoms with Crippen molar-refractivity contribution in [1.29, 1.82) is 0 Å². The summed E-state index contributed by atoms with van der Waals surface area (Å²) in [6, 6.07) is 21.2. The topological polar surface area (TPSA) is 29.5 Å². The Hall–Kier alpha value is -2.39. The molecule has 29 heavy (non-hydrogen) atoms. The Bertz CT molecular complexity index is 749. The van der Waals surface area contributed by atoms with E-state index in [4.69, 9.17) is 4.74 Å². The van der Waals surface area contributed by atoms with Crippen molar-refractivity contribution in [3.8, 4) is 0 Å². The second-order valence-electron chi connectivity index (χ2n) is 8.56. The number of benzene rings is 2. The molecule has 0 radical (unpaired) electrons.